The van der Waals surface area contributed by atoms with Crippen LogP contribution in [0.25, 0.3) is 0 Å². The van der Waals surface area contributed by atoms with Crippen molar-refractivity contribution in [3.8, 4) is 11.8 Å². The van der Waals surface area contributed by atoms with Crippen molar-refractivity contribution < 1.29 is 9.53 Å². The molecule has 0 N–H and O–H groups in total. The highest BCUT2D eigenvalue weighted by Gasteiger charge is 2.50. The highest BCUT2D eigenvalue weighted by molar-refractivity contribution is 6.04. The minimum Gasteiger partial charge on any atom is -0.496 e. The highest BCUT2D eigenvalue weighted by atomic mass is 16.5. The second-order valence-electron chi connectivity index (χ2n) is 4.67. The molecule has 0 bridgehead atoms. The van der Waals surface area contributed by atoms with Crippen LogP contribution in [-0.4, -0.2) is 12.9 Å². The maximum atomic E-state index is 12.2. The lowest BCUT2D eigenvalue weighted by molar-refractivity contribution is 0.0934. The SMILES string of the molecule is COc1c(C)cc(C(=O)C2(C#N)CC2)cc1C. The zero-order chi connectivity index (χ0) is 12.6. The number of methoxy groups -OCH3 is 1. The first-order valence-electron chi connectivity index (χ1n) is 5.65. The van der Waals surface area contributed by atoms with Gasteiger partial charge in [0.15, 0.2) is 5.78 Å². The summed E-state index contributed by atoms with van der Waals surface area (Å²) in [6, 6.07) is 5.76. The lowest BCUT2D eigenvalue weighted by atomic mass is 9.93. The molecule has 0 aromatic heterocycles. The molecule has 1 aliphatic rings. The first-order valence-corrected chi connectivity index (χ1v) is 5.65. The van der Waals surface area contributed by atoms with Gasteiger partial charge in [0.05, 0.1) is 13.2 Å². The number of carbonyl (C=O) groups excluding carboxylic acids is 1. The molecule has 3 heteroatoms. The summed E-state index contributed by atoms with van der Waals surface area (Å²) in [4.78, 5) is 12.2. The van der Waals surface area contributed by atoms with Gasteiger partial charge in [-0.05, 0) is 49.9 Å². The average molecular weight is 229 g/mol. The van der Waals surface area contributed by atoms with E-state index in [9.17, 15) is 4.79 Å². The fourth-order valence-corrected chi connectivity index (χ4v) is 2.19. The fourth-order valence-electron chi connectivity index (χ4n) is 2.19. The van der Waals surface area contributed by atoms with Crippen molar-refractivity contribution in [3.63, 3.8) is 0 Å². The van der Waals surface area contributed by atoms with Crippen LogP contribution in [0.1, 0.15) is 34.3 Å². The molecular formula is C14H15NO2. The average Bonchev–Trinajstić information content (AvgIpc) is 3.08. The molecule has 1 aromatic carbocycles. The lowest BCUT2D eigenvalue weighted by Crippen LogP contribution is -2.14. The predicted molar refractivity (Wildman–Crippen MR) is 64.1 cm³/mol. The Balaban J connectivity index is 2.42. The molecule has 0 atom stereocenters. The van der Waals surface area contributed by atoms with Crippen molar-refractivity contribution in [2.45, 2.75) is 26.7 Å². The number of hydrogen-bond acceptors (Lipinski definition) is 3. The van der Waals surface area contributed by atoms with Crippen LogP contribution in [0.15, 0.2) is 12.1 Å². The molecule has 0 heterocycles. The standard InChI is InChI=1S/C14H15NO2/c1-9-6-11(7-10(2)12(9)17-3)13(16)14(8-15)4-5-14/h6-7H,4-5H2,1-3H3. The van der Waals surface area contributed by atoms with Crippen LogP contribution in [0.2, 0.25) is 0 Å². The minimum atomic E-state index is -0.743. The number of nitrogens with zero attached hydrogens (tertiary/aromatic N) is 1. The molecule has 3 nitrogen and oxygen atoms in total. The van der Waals surface area contributed by atoms with Gasteiger partial charge in [-0.15, -0.1) is 0 Å². The Kier molecular flexibility index (Phi) is 2.66. The Bertz CT molecular complexity index is 499. The molecule has 17 heavy (non-hydrogen) atoms. The molecule has 0 saturated heterocycles. The van der Waals surface area contributed by atoms with E-state index < -0.39 is 5.41 Å². The predicted octanol–water partition coefficient (Wildman–Crippen LogP) is 2.80. The van der Waals surface area contributed by atoms with E-state index in [2.05, 4.69) is 6.07 Å². The molecule has 1 saturated carbocycles. The van der Waals surface area contributed by atoms with Crippen molar-refractivity contribution in [2.75, 3.05) is 7.11 Å². The van der Waals surface area contributed by atoms with E-state index >= 15 is 0 Å². The number of aryl methyl sites for hydroxylation is 2. The van der Waals surface area contributed by atoms with Crippen LogP contribution in [0, 0.1) is 30.6 Å². The van der Waals surface area contributed by atoms with Crippen LogP contribution in [0.4, 0.5) is 0 Å². The number of nitriles is 1. The van der Waals surface area contributed by atoms with Crippen molar-refractivity contribution in [2.24, 2.45) is 5.41 Å². The number of Topliss-reactive ketones (excluding diaryl/α,β-unsaturated/α-hetero) is 1. The second kappa shape index (κ2) is 3.89. The Morgan fingerprint density at radius 3 is 2.24 bits per heavy atom. The summed E-state index contributed by atoms with van der Waals surface area (Å²) in [6.07, 6.45) is 1.37. The summed E-state index contributed by atoms with van der Waals surface area (Å²) in [7, 11) is 1.62. The maximum Gasteiger partial charge on any atom is 0.183 e. The maximum absolute atomic E-state index is 12.2. The third-order valence-corrected chi connectivity index (χ3v) is 3.33. The first kappa shape index (κ1) is 11.7. The van der Waals surface area contributed by atoms with Crippen LogP contribution in [-0.2, 0) is 0 Å². The first-order chi connectivity index (χ1) is 8.04. The highest BCUT2D eigenvalue weighted by Crippen LogP contribution is 2.47. The third-order valence-electron chi connectivity index (χ3n) is 3.33. The van der Waals surface area contributed by atoms with Gasteiger partial charge >= 0.3 is 0 Å². The summed E-state index contributed by atoms with van der Waals surface area (Å²) in [6.45, 7) is 3.82. The van der Waals surface area contributed by atoms with Gasteiger partial charge in [-0.1, -0.05) is 0 Å². The number of hydrogen-bond donors (Lipinski definition) is 0. The van der Waals surface area contributed by atoms with Gasteiger partial charge in [0, 0.05) is 5.56 Å². The van der Waals surface area contributed by atoms with E-state index in [-0.39, 0.29) is 5.78 Å². The van der Waals surface area contributed by atoms with Crippen molar-refractivity contribution >= 4 is 5.78 Å². The summed E-state index contributed by atoms with van der Waals surface area (Å²) in [5.74, 6) is 0.761. The van der Waals surface area contributed by atoms with Crippen molar-refractivity contribution in [1.82, 2.24) is 0 Å². The molecule has 2 rings (SSSR count). The van der Waals surface area contributed by atoms with Gasteiger partial charge in [-0.3, -0.25) is 4.79 Å². The summed E-state index contributed by atoms with van der Waals surface area (Å²) >= 11 is 0. The van der Waals surface area contributed by atoms with E-state index in [0.717, 1.165) is 16.9 Å². The number of benzene rings is 1. The topological polar surface area (TPSA) is 50.1 Å². The molecule has 1 aliphatic carbocycles. The molecule has 0 amide bonds. The van der Waals surface area contributed by atoms with Gasteiger partial charge in [-0.25, -0.2) is 0 Å². The van der Waals surface area contributed by atoms with E-state index in [1.807, 2.05) is 26.0 Å². The molecule has 0 radical (unpaired) electrons. The molecular weight excluding hydrogens is 214 g/mol. The number of rotatable bonds is 3. The van der Waals surface area contributed by atoms with Crippen molar-refractivity contribution in [1.29, 1.82) is 5.26 Å². The smallest absolute Gasteiger partial charge is 0.183 e. The minimum absolute atomic E-state index is 0.0474. The summed E-state index contributed by atoms with van der Waals surface area (Å²) in [5.41, 5.74) is 1.75. The van der Waals surface area contributed by atoms with Gasteiger partial charge in [0.1, 0.15) is 11.2 Å². The monoisotopic (exact) mass is 229 g/mol. The van der Waals surface area contributed by atoms with Crippen LogP contribution >= 0.6 is 0 Å². The Hall–Kier alpha value is -1.82. The number of ketones is 1. The van der Waals surface area contributed by atoms with E-state index in [1.165, 1.54) is 0 Å². The molecule has 88 valence electrons. The van der Waals surface area contributed by atoms with Crippen LogP contribution < -0.4 is 4.74 Å². The summed E-state index contributed by atoms with van der Waals surface area (Å²) < 4.78 is 5.26. The molecule has 1 aromatic rings. The van der Waals surface area contributed by atoms with E-state index in [4.69, 9.17) is 10.00 Å². The number of carbonyl (C=O) groups is 1. The Labute approximate surface area is 101 Å². The number of ether oxygens (including phenoxy) is 1. The fraction of sp³-hybridized carbons (Fsp3) is 0.429. The molecule has 0 spiro atoms. The largest absolute Gasteiger partial charge is 0.496 e. The Morgan fingerprint density at radius 1 is 1.35 bits per heavy atom. The van der Waals surface area contributed by atoms with Crippen LogP contribution in [0.5, 0.6) is 5.75 Å². The summed E-state index contributed by atoms with van der Waals surface area (Å²) in [5, 5.41) is 9.03. The van der Waals surface area contributed by atoms with E-state index in [0.29, 0.717) is 18.4 Å². The van der Waals surface area contributed by atoms with Gasteiger partial charge < -0.3 is 4.74 Å². The quantitative estimate of drug-likeness (QED) is 0.749. The molecule has 0 unspecified atom stereocenters. The lowest BCUT2D eigenvalue weighted by Gasteiger charge is -2.12. The third kappa shape index (κ3) is 1.80. The van der Waals surface area contributed by atoms with Crippen molar-refractivity contribution in [3.05, 3.63) is 28.8 Å². The molecule has 0 aliphatic heterocycles. The van der Waals surface area contributed by atoms with Gasteiger partial charge in [0.25, 0.3) is 0 Å². The van der Waals surface area contributed by atoms with E-state index in [1.54, 1.807) is 7.11 Å². The zero-order valence-corrected chi connectivity index (χ0v) is 10.3. The Morgan fingerprint density at radius 2 is 1.88 bits per heavy atom. The van der Waals surface area contributed by atoms with Crippen LogP contribution in [0.3, 0.4) is 0 Å². The van der Waals surface area contributed by atoms with Gasteiger partial charge in [-0.2, -0.15) is 5.26 Å². The molecule has 1 fully saturated rings. The normalized spacial score (nSPS) is 16.1. The second-order valence-corrected chi connectivity index (χ2v) is 4.67. The zero-order valence-electron chi connectivity index (χ0n) is 10.3. The van der Waals surface area contributed by atoms with Gasteiger partial charge in [0.2, 0.25) is 0 Å².